The van der Waals surface area contributed by atoms with Gasteiger partial charge in [-0.2, -0.15) is 0 Å². The third kappa shape index (κ3) is 20.4. The van der Waals surface area contributed by atoms with Crippen LogP contribution in [0, 0.1) is 0 Å². The minimum atomic E-state index is -0.730. The van der Waals surface area contributed by atoms with Gasteiger partial charge in [0.1, 0.15) is 25.8 Å². The van der Waals surface area contributed by atoms with E-state index in [9.17, 15) is 9.90 Å². The molecule has 0 aliphatic rings. The molecule has 0 saturated heterocycles. The van der Waals surface area contributed by atoms with Crippen LogP contribution in [0.15, 0.2) is 12.2 Å². The Balaban J connectivity index is 3.43. The first-order chi connectivity index (χ1) is 14.4. The number of ether oxygens (including phenoxy) is 1. The van der Waals surface area contributed by atoms with Crippen LogP contribution in [0.3, 0.4) is 0 Å². The summed E-state index contributed by atoms with van der Waals surface area (Å²) in [7, 11) is 3.91. The lowest BCUT2D eigenvalue weighted by Gasteiger charge is -2.31. The fourth-order valence-electron chi connectivity index (χ4n) is 3.54. The van der Waals surface area contributed by atoms with Gasteiger partial charge in [0.15, 0.2) is 0 Å². The molecule has 0 fully saturated rings. The van der Waals surface area contributed by atoms with Crippen molar-refractivity contribution < 1.29 is 24.2 Å². The summed E-state index contributed by atoms with van der Waals surface area (Å²) in [4.78, 5) is 11.8. The number of unbranched alkanes of at least 4 members (excludes halogenated alkanes) is 11. The summed E-state index contributed by atoms with van der Waals surface area (Å²) in [6, 6.07) is 0. The van der Waals surface area contributed by atoms with Gasteiger partial charge in [-0.25, -0.2) is 0 Å². The fraction of sp³-hybridized carbons (Fsp3) is 0.880. The zero-order chi connectivity index (χ0) is 22.5. The van der Waals surface area contributed by atoms with Gasteiger partial charge in [0, 0.05) is 6.42 Å². The highest BCUT2D eigenvalue weighted by Gasteiger charge is 2.20. The van der Waals surface area contributed by atoms with Crippen molar-refractivity contribution in [3.8, 4) is 0 Å². The average Bonchev–Trinajstić information content (AvgIpc) is 2.70. The van der Waals surface area contributed by atoms with Crippen LogP contribution in [-0.2, 0) is 9.53 Å². The number of esters is 1. The number of aliphatic hydroxyl groups excluding tert-OH is 2. The number of carbonyl (C=O) groups is 1. The molecule has 5 nitrogen and oxygen atoms in total. The lowest BCUT2D eigenvalue weighted by Crippen LogP contribution is -2.48. The van der Waals surface area contributed by atoms with E-state index >= 15 is 0 Å². The van der Waals surface area contributed by atoms with Crippen LogP contribution >= 0.6 is 0 Å². The van der Waals surface area contributed by atoms with Crippen molar-refractivity contribution >= 4 is 5.97 Å². The van der Waals surface area contributed by atoms with E-state index in [2.05, 4.69) is 19.1 Å². The molecule has 0 amide bonds. The molecule has 0 spiro atoms. The minimum absolute atomic E-state index is 0.129. The van der Waals surface area contributed by atoms with Crippen molar-refractivity contribution in [3.05, 3.63) is 12.2 Å². The molecule has 0 radical (unpaired) electrons. The number of likely N-dealkylation sites (N-methyl/N-ethyl adjacent to an activating group) is 1. The van der Waals surface area contributed by atoms with E-state index in [-0.39, 0.29) is 12.6 Å². The Bertz CT molecular complexity index is 423. The standard InChI is InChI=1S/C25H50NO4/c1-4-5-6-7-8-9-10-11-12-13-14-15-16-17-18-19-25(29)30-21-20-26(2,3)22-24(28)23-27/h11-12,24,27-28H,4-10,13-23H2,1-3H3/q+1. The second-order valence-electron chi connectivity index (χ2n) is 9.23. The number of hydrogen-bond acceptors (Lipinski definition) is 4. The Morgan fingerprint density at radius 1 is 0.900 bits per heavy atom. The number of quaternary nitrogens is 1. The van der Waals surface area contributed by atoms with Gasteiger partial charge in [0.25, 0.3) is 0 Å². The van der Waals surface area contributed by atoms with Crippen molar-refractivity contribution in [2.75, 3.05) is 40.4 Å². The van der Waals surface area contributed by atoms with E-state index < -0.39 is 6.10 Å². The molecule has 0 aliphatic carbocycles. The summed E-state index contributed by atoms with van der Waals surface area (Å²) in [6.07, 6.45) is 20.7. The van der Waals surface area contributed by atoms with E-state index in [0.29, 0.717) is 30.6 Å². The second kappa shape index (κ2) is 20.0. The van der Waals surface area contributed by atoms with Gasteiger partial charge in [-0.1, -0.05) is 70.4 Å². The van der Waals surface area contributed by atoms with Crippen LogP contribution in [0.1, 0.15) is 96.8 Å². The van der Waals surface area contributed by atoms with Crippen LogP contribution in [0.5, 0.6) is 0 Å². The third-order valence-corrected chi connectivity index (χ3v) is 5.52. The van der Waals surface area contributed by atoms with E-state index in [1.165, 1.54) is 70.6 Å². The highest BCUT2D eigenvalue weighted by molar-refractivity contribution is 5.69. The highest BCUT2D eigenvalue weighted by Crippen LogP contribution is 2.10. The minimum Gasteiger partial charge on any atom is -0.460 e. The second-order valence-corrected chi connectivity index (χ2v) is 9.23. The molecule has 0 aromatic rings. The molecule has 2 N–H and O–H groups in total. The number of rotatable bonds is 21. The van der Waals surface area contributed by atoms with Crippen molar-refractivity contribution in [1.29, 1.82) is 0 Å². The van der Waals surface area contributed by atoms with Crippen molar-refractivity contribution in [2.24, 2.45) is 0 Å². The molecule has 5 heteroatoms. The summed E-state index contributed by atoms with van der Waals surface area (Å²) in [5, 5.41) is 18.5. The SMILES string of the molecule is CCCCCCCCC=CCCCCCCCC(=O)OCC[N+](C)(C)CC(O)CO. The summed E-state index contributed by atoms with van der Waals surface area (Å²) < 4.78 is 5.82. The number of carbonyl (C=O) groups excluding carboxylic acids is 1. The molecule has 178 valence electrons. The molecule has 1 atom stereocenters. The maximum atomic E-state index is 11.8. The first-order valence-corrected chi connectivity index (χ1v) is 12.3. The summed E-state index contributed by atoms with van der Waals surface area (Å²) in [6.45, 7) is 3.46. The predicted molar refractivity (Wildman–Crippen MR) is 125 cm³/mol. The van der Waals surface area contributed by atoms with Gasteiger partial charge in [0.2, 0.25) is 0 Å². The molecule has 0 bridgehead atoms. The topological polar surface area (TPSA) is 66.8 Å². The largest absolute Gasteiger partial charge is 0.460 e. The van der Waals surface area contributed by atoms with Crippen LogP contribution in [-0.4, -0.2) is 67.2 Å². The average molecular weight is 429 g/mol. The number of allylic oxidation sites excluding steroid dienone is 2. The highest BCUT2D eigenvalue weighted by atomic mass is 16.5. The lowest BCUT2D eigenvalue weighted by molar-refractivity contribution is -0.893. The molecule has 1 unspecified atom stereocenters. The quantitative estimate of drug-likeness (QED) is 0.117. The summed E-state index contributed by atoms with van der Waals surface area (Å²) >= 11 is 0. The summed E-state index contributed by atoms with van der Waals surface area (Å²) in [5.41, 5.74) is 0. The van der Waals surface area contributed by atoms with Crippen molar-refractivity contribution in [3.63, 3.8) is 0 Å². The van der Waals surface area contributed by atoms with E-state index in [0.717, 1.165) is 12.8 Å². The Morgan fingerprint density at radius 3 is 2.00 bits per heavy atom. The van der Waals surface area contributed by atoms with Gasteiger partial charge in [-0.3, -0.25) is 4.79 Å². The van der Waals surface area contributed by atoms with Gasteiger partial charge < -0.3 is 19.4 Å². The Morgan fingerprint density at radius 2 is 1.43 bits per heavy atom. The van der Waals surface area contributed by atoms with Gasteiger partial charge in [-0.15, -0.1) is 0 Å². The van der Waals surface area contributed by atoms with Crippen LogP contribution < -0.4 is 0 Å². The number of aliphatic hydroxyl groups is 2. The van der Waals surface area contributed by atoms with Gasteiger partial charge >= 0.3 is 5.97 Å². The molecule has 0 rings (SSSR count). The van der Waals surface area contributed by atoms with E-state index in [1.54, 1.807) is 0 Å². The molecule has 0 heterocycles. The summed E-state index contributed by atoms with van der Waals surface area (Å²) in [5.74, 6) is -0.129. The smallest absolute Gasteiger partial charge is 0.305 e. The van der Waals surface area contributed by atoms with Crippen molar-refractivity contribution in [1.82, 2.24) is 0 Å². The molecule has 0 aliphatic heterocycles. The molecule has 0 aromatic heterocycles. The van der Waals surface area contributed by atoms with Crippen LogP contribution in [0.25, 0.3) is 0 Å². The molecule has 30 heavy (non-hydrogen) atoms. The van der Waals surface area contributed by atoms with E-state index in [4.69, 9.17) is 9.84 Å². The van der Waals surface area contributed by atoms with Crippen LogP contribution in [0.2, 0.25) is 0 Å². The maximum absolute atomic E-state index is 11.8. The normalized spacial score (nSPS) is 13.1. The Kier molecular flexibility index (Phi) is 19.4. The monoisotopic (exact) mass is 428 g/mol. The Hall–Kier alpha value is -0.910. The molecular formula is C25H50NO4+. The third-order valence-electron chi connectivity index (χ3n) is 5.52. The van der Waals surface area contributed by atoms with Crippen LogP contribution in [0.4, 0.5) is 0 Å². The van der Waals surface area contributed by atoms with E-state index in [1.807, 2.05) is 14.1 Å². The number of nitrogens with zero attached hydrogens (tertiary/aromatic N) is 1. The lowest BCUT2D eigenvalue weighted by atomic mass is 10.1. The maximum Gasteiger partial charge on any atom is 0.305 e. The number of hydrogen-bond donors (Lipinski definition) is 2. The van der Waals surface area contributed by atoms with Gasteiger partial charge in [-0.05, 0) is 32.1 Å². The zero-order valence-electron chi connectivity index (χ0n) is 20.1. The fourth-order valence-corrected chi connectivity index (χ4v) is 3.54. The molecule has 0 saturated carbocycles. The zero-order valence-corrected chi connectivity index (χ0v) is 20.1. The molecular weight excluding hydrogens is 378 g/mol. The Labute approximate surface area is 186 Å². The first kappa shape index (κ1) is 29.1. The predicted octanol–water partition coefficient (Wildman–Crippen LogP) is 5.00. The van der Waals surface area contributed by atoms with Crippen molar-refractivity contribution in [2.45, 2.75) is 103 Å². The van der Waals surface area contributed by atoms with Gasteiger partial charge in [0.05, 0.1) is 20.7 Å². The first-order valence-electron chi connectivity index (χ1n) is 12.3. The molecule has 0 aromatic carbocycles.